The molecular formula is C17H23NO3. The molecule has 1 aliphatic heterocycles. The van der Waals surface area contributed by atoms with E-state index in [0.29, 0.717) is 24.3 Å². The van der Waals surface area contributed by atoms with Crippen LogP contribution < -0.4 is 9.64 Å². The normalized spacial score (nSPS) is 28.7. The van der Waals surface area contributed by atoms with Gasteiger partial charge in [-0.1, -0.05) is 32.8 Å². The van der Waals surface area contributed by atoms with E-state index in [4.69, 9.17) is 4.74 Å². The van der Waals surface area contributed by atoms with E-state index >= 15 is 0 Å². The van der Waals surface area contributed by atoms with Crippen LogP contribution in [-0.4, -0.2) is 30.3 Å². The quantitative estimate of drug-likeness (QED) is 0.906. The van der Waals surface area contributed by atoms with Crippen LogP contribution in [0.4, 0.5) is 5.69 Å². The Morgan fingerprint density at radius 3 is 2.90 bits per heavy atom. The van der Waals surface area contributed by atoms with Gasteiger partial charge in [-0.3, -0.25) is 0 Å². The Labute approximate surface area is 125 Å². The number of ether oxygens (including phenoxy) is 1. The van der Waals surface area contributed by atoms with E-state index in [9.17, 15) is 9.90 Å². The minimum atomic E-state index is -0.918. The molecule has 21 heavy (non-hydrogen) atoms. The first kappa shape index (κ1) is 14.2. The predicted molar refractivity (Wildman–Crippen MR) is 82.2 cm³/mol. The van der Waals surface area contributed by atoms with Gasteiger partial charge in [0, 0.05) is 6.04 Å². The zero-order valence-corrected chi connectivity index (χ0v) is 12.7. The second-order valence-electron chi connectivity index (χ2n) is 6.34. The van der Waals surface area contributed by atoms with Gasteiger partial charge < -0.3 is 14.7 Å². The number of aromatic carboxylic acids is 1. The molecule has 3 unspecified atom stereocenters. The highest BCUT2D eigenvalue weighted by atomic mass is 16.5. The van der Waals surface area contributed by atoms with E-state index in [2.05, 4.69) is 18.7 Å². The molecule has 0 radical (unpaired) electrons. The molecule has 1 heterocycles. The maximum Gasteiger partial charge on any atom is 0.339 e. The zero-order valence-electron chi connectivity index (χ0n) is 12.7. The molecule has 4 heteroatoms. The van der Waals surface area contributed by atoms with Gasteiger partial charge >= 0.3 is 5.97 Å². The smallest absolute Gasteiger partial charge is 0.339 e. The van der Waals surface area contributed by atoms with Gasteiger partial charge in [0.15, 0.2) is 5.75 Å². The average Bonchev–Trinajstić information content (AvgIpc) is 2.49. The molecule has 1 aromatic rings. The molecule has 1 aliphatic carbocycles. The van der Waals surface area contributed by atoms with Crippen molar-refractivity contribution in [3.63, 3.8) is 0 Å². The largest absolute Gasteiger partial charge is 0.489 e. The summed E-state index contributed by atoms with van der Waals surface area (Å²) in [6.45, 7) is 6.06. The Balaban J connectivity index is 1.97. The monoisotopic (exact) mass is 289 g/mol. The summed E-state index contributed by atoms with van der Waals surface area (Å²) >= 11 is 0. The summed E-state index contributed by atoms with van der Waals surface area (Å²) < 4.78 is 5.68. The minimum absolute atomic E-state index is 0.272. The highest BCUT2D eigenvalue weighted by Crippen LogP contribution is 2.41. The van der Waals surface area contributed by atoms with Gasteiger partial charge in [-0.15, -0.1) is 0 Å². The zero-order chi connectivity index (χ0) is 15.0. The predicted octanol–water partition coefficient (Wildman–Crippen LogP) is 3.41. The van der Waals surface area contributed by atoms with Crippen LogP contribution in [0.1, 0.15) is 43.5 Å². The maximum absolute atomic E-state index is 11.4. The number of fused-ring (bicyclic) bond motifs is 1. The van der Waals surface area contributed by atoms with Crippen molar-refractivity contribution in [3.05, 3.63) is 23.8 Å². The van der Waals surface area contributed by atoms with Crippen molar-refractivity contribution < 1.29 is 14.6 Å². The molecule has 0 saturated heterocycles. The van der Waals surface area contributed by atoms with Gasteiger partial charge in [0.1, 0.15) is 12.2 Å². The van der Waals surface area contributed by atoms with E-state index < -0.39 is 5.97 Å². The van der Waals surface area contributed by atoms with Crippen molar-refractivity contribution >= 4 is 11.7 Å². The molecule has 0 bridgehead atoms. The highest BCUT2D eigenvalue weighted by Gasteiger charge is 2.35. The van der Waals surface area contributed by atoms with Gasteiger partial charge in [-0.25, -0.2) is 4.79 Å². The molecule has 3 rings (SSSR count). The van der Waals surface area contributed by atoms with Crippen LogP contribution in [0.15, 0.2) is 18.2 Å². The molecule has 1 aromatic carbocycles. The third kappa shape index (κ3) is 2.47. The van der Waals surface area contributed by atoms with Crippen molar-refractivity contribution in [3.8, 4) is 5.75 Å². The van der Waals surface area contributed by atoms with Crippen LogP contribution in [0.5, 0.6) is 5.75 Å². The third-order valence-electron chi connectivity index (χ3n) is 5.18. The van der Waals surface area contributed by atoms with Crippen molar-refractivity contribution in [2.45, 2.75) is 39.2 Å². The molecule has 2 aliphatic rings. The molecule has 114 valence electrons. The lowest BCUT2D eigenvalue weighted by atomic mass is 9.77. The highest BCUT2D eigenvalue weighted by molar-refractivity contribution is 5.93. The molecule has 0 spiro atoms. The lowest BCUT2D eigenvalue weighted by molar-refractivity contribution is 0.0691. The standard InChI is InChI=1S/C17H23NO3/c1-11-5-3-7-14(12(11)2)18-9-10-21-16-13(17(19)20)6-4-8-15(16)18/h4,6,8,11-12,14H,3,5,7,9-10H2,1-2H3,(H,19,20). The van der Waals surface area contributed by atoms with Gasteiger partial charge in [0.05, 0.1) is 12.2 Å². The maximum atomic E-state index is 11.4. The molecule has 4 nitrogen and oxygen atoms in total. The lowest BCUT2D eigenvalue weighted by Crippen LogP contribution is -2.47. The molecule has 0 amide bonds. The molecule has 1 saturated carbocycles. The number of anilines is 1. The summed E-state index contributed by atoms with van der Waals surface area (Å²) in [6, 6.07) is 5.92. The van der Waals surface area contributed by atoms with Gasteiger partial charge in [0.25, 0.3) is 0 Å². The minimum Gasteiger partial charge on any atom is -0.489 e. The Hall–Kier alpha value is -1.71. The van der Waals surface area contributed by atoms with Crippen molar-refractivity contribution in [2.24, 2.45) is 11.8 Å². The summed E-state index contributed by atoms with van der Waals surface area (Å²) in [4.78, 5) is 13.8. The summed E-state index contributed by atoms with van der Waals surface area (Å²) in [5.74, 6) is 0.969. The van der Waals surface area contributed by atoms with Crippen LogP contribution in [0.25, 0.3) is 0 Å². The fourth-order valence-electron chi connectivity index (χ4n) is 3.78. The second kappa shape index (κ2) is 5.58. The van der Waals surface area contributed by atoms with Crippen LogP contribution in [0.3, 0.4) is 0 Å². The van der Waals surface area contributed by atoms with E-state index in [0.717, 1.165) is 18.2 Å². The molecule has 3 atom stereocenters. The van der Waals surface area contributed by atoms with E-state index in [1.165, 1.54) is 19.3 Å². The SMILES string of the molecule is CC1CCCC(N2CCOc3c(C(=O)O)cccc32)C1C. The number of hydrogen-bond acceptors (Lipinski definition) is 3. The van der Waals surface area contributed by atoms with Crippen LogP contribution in [-0.2, 0) is 0 Å². The molecule has 1 N–H and O–H groups in total. The van der Waals surface area contributed by atoms with Gasteiger partial charge in [0.2, 0.25) is 0 Å². The number of nitrogens with zero attached hydrogens (tertiary/aromatic N) is 1. The van der Waals surface area contributed by atoms with E-state index in [1.807, 2.05) is 12.1 Å². The Bertz CT molecular complexity index is 543. The van der Waals surface area contributed by atoms with Crippen LogP contribution >= 0.6 is 0 Å². The number of carbonyl (C=O) groups is 1. The topological polar surface area (TPSA) is 49.8 Å². The summed E-state index contributed by atoms with van der Waals surface area (Å²) in [5.41, 5.74) is 1.22. The van der Waals surface area contributed by atoms with E-state index in [1.54, 1.807) is 6.07 Å². The Morgan fingerprint density at radius 1 is 1.33 bits per heavy atom. The first-order valence-electron chi connectivity index (χ1n) is 7.85. The summed E-state index contributed by atoms with van der Waals surface area (Å²) in [7, 11) is 0. The van der Waals surface area contributed by atoms with E-state index in [-0.39, 0.29) is 5.56 Å². The van der Waals surface area contributed by atoms with Crippen molar-refractivity contribution in [1.29, 1.82) is 0 Å². The summed E-state index contributed by atoms with van der Waals surface area (Å²) in [6.07, 6.45) is 3.73. The number of carboxylic acid groups (broad SMARTS) is 1. The third-order valence-corrected chi connectivity index (χ3v) is 5.18. The molecule has 1 fully saturated rings. The first-order valence-corrected chi connectivity index (χ1v) is 7.85. The number of hydrogen-bond donors (Lipinski definition) is 1. The number of rotatable bonds is 2. The van der Waals surface area contributed by atoms with Crippen molar-refractivity contribution in [2.75, 3.05) is 18.1 Å². The van der Waals surface area contributed by atoms with Crippen LogP contribution in [0, 0.1) is 11.8 Å². The number of benzene rings is 1. The lowest BCUT2D eigenvalue weighted by Gasteiger charge is -2.45. The van der Waals surface area contributed by atoms with Crippen molar-refractivity contribution in [1.82, 2.24) is 0 Å². The average molecular weight is 289 g/mol. The van der Waals surface area contributed by atoms with Gasteiger partial charge in [-0.05, 0) is 30.4 Å². The van der Waals surface area contributed by atoms with Gasteiger partial charge in [-0.2, -0.15) is 0 Å². The molecular weight excluding hydrogens is 266 g/mol. The Kier molecular flexibility index (Phi) is 3.79. The first-order chi connectivity index (χ1) is 10.1. The molecule has 0 aromatic heterocycles. The fourth-order valence-corrected chi connectivity index (χ4v) is 3.78. The fraction of sp³-hybridized carbons (Fsp3) is 0.588. The van der Waals surface area contributed by atoms with Crippen LogP contribution in [0.2, 0.25) is 0 Å². The second-order valence-corrected chi connectivity index (χ2v) is 6.34. The number of para-hydroxylation sites is 1. The number of carboxylic acids is 1. The summed E-state index contributed by atoms with van der Waals surface area (Å²) in [5, 5.41) is 9.33. The Morgan fingerprint density at radius 2 is 2.14 bits per heavy atom.